The summed E-state index contributed by atoms with van der Waals surface area (Å²) in [5.41, 5.74) is -1.76. The third-order valence-corrected chi connectivity index (χ3v) is 4.01. The number of alkyl halides is 3. The smallest absolute Gasteiger partial charge is 0.435 e. The first kappa shape index (κ1) is 19.6. The van der Waals surface area contributed by atoms with Gasteiger partial charge in [0.2, 0.25) is 0 Å². The van der Waals surface area contributed by atoms with Crippen molar-refractivity contribution in [2.45, 2.75) is 83.7 Å². The van der Waals surface area contributed by atoms with Crippen molar-refractivity contribution in [3.8, 4) is 0 Å². The second kappa shape index (κ2) is 6.53. The molecule has 142 valence electrons. The largest absolute Gasteiger partial charge is 0.444 e. The first-order valence-corrected chi connectivity index (χ1v) is 8.43. The van der Waals surface area contributed by atoms with Crippen molar-refractivity contribution in [3.05, 3.63) is 17.5 Å². The predicted molar refractivity (Wildman–Crippen MR) is 87.3 cm³/mol. The van der Waals surface area contributed by atoms with Crippen LogP contribution in [0.4, 0.5) is 18.0 Å². The Morgan fingerprint density at radius 3 is 2.32 bits per heavy atom. The second-order valence-corrected chi connectivity index (χ2v) is 8.25. The fourth-order valence-corrected chi connectivity index (χ4v) is 2.72. The number of rotatable bonds is 4. The minimum absolute atomic E-state index is 0.0981. The van der Waals surface area contributed by atoms with Crippen LogP contribution in [0.2, 0.25) is 0 Å². The molecule has 1 fully saturated rings. The quantitative estimate of drug-likeness (QED) is 0.861. The molecule has 1 aliphatic carbocycles. The van der Waals surface area contributed by atoms with Crippen LogP contribution in [0.15, 0.2) is 6.07 Å². The van der Waals surface area contributed by atoms with E-state index in [1.807, 2.05) is 0 Å². The van der Waals surface area contributed by atoms with Gasteiger partial charge in [-0.15, -0.1) is 0 Å². The molecule has 0 bridgehead atoms. The van der Waals surface area contributed by atoms with E-state index in [2.05, 4.69) is 10.4 Å². The Bertz CT molecular complexity index is 626. The number of amides is 1. The van der Waals surface area contributed by atoms with Gasteiger partial charge in [0.1, 0.15) is 5.60 Å². The molecule has 8 heteroatoms. The lowest BCUT2D eigenvalue weighted by Crippen LogP contribution is -2.48. The number of alkyl carbamates (subject to hydrolysis) is 1. The number of hydrogen-bond donors (Lipinski definition) is 1. The molecule has 25 heavy (non-hydrogen) atoms. The van der Waals surface area contributed by atoms with E-state index in [-0.39, 0.29) is 12.5 Å². The van der Waals surface area contributed by atoms with Crippen molar-refractivity contribution < 1.29 is 22.7 Å². The molecule has 1 aromatic rings. The van der Waals surface area contributed by atoms with Gasteiger partial charge in [-0.1, -0.05) is 6.42 Å². The molecule has 1 amide bonds. The van der Waals surface area contributed by atoms with Gasteiger partial charge in [-0.25, -0.2) is 4.79 Å². The lowest BCUT2D eigenvalue weighted by Gasteiger charge is -2.31. The first-order valence-electron chi connectivity index (χ1n) is 8.43. The summed E-state index contributed by atoms with van der Waals surface area (Å²) >= 11 is 0. The number of ether oxygens (including phenoxy) is 1. The van der Waals surface area contributed by atoms with E-state index in [1.54, 1.807) is 34.6 Å². The first-order chi connectivity index (χ1) is 11.3. The number of carbonyl (C=O) groups is 1. The highest BCUT2D eigenvalue weighted by Crippen LogP contribution is 2.39. The summed E-state index contributed by atoms with van der Waals surface area (Å²) in [6.07, 6.45) is -2.35. The zero-order chi connectivity index (χ0) is 19.0. The fourth-order valence-electron chi connectivity index (χ4n) is 2.72. The van der Waals surface area contributed by atoms with Gasteiger partial charge < -0.3 is 10.1 Å². The molecule has 0 spiro atoms. The Morgan fingerprint density at radius 1 is 1.28 bits per heavy atom. The summed E-state index contributed by atoms with van der Waals surface area (Å²) in [5, 5.41) is 6.46. The van der Waals surface area contributed by atoms with Crippen LogP contribution in [-0.2, 0) is 17.5 Å². The molecule has 1 N–H and O–H groups in total. The molecule has 0 unspecified atom stereocenters. The summed E-state index contributed by atoms with van der Waals surface area (Å²) in [5.74, 6) is 0.0981. The molecule has 0 aromatic carbocycles. The van der Waals surface area contributed by atoms with Crippen LogP contribution in [0.3, 0.4) is 0 Å². The van der Waals surface area contributed by atoms with E-state index in [4.69, 9.17) is 4.74 Å². The van der Waals surface area contributed by atoms with Gasteiger partial charge in [0.05, 0.1) is 12.1 Å². The molecule has 0 atom stereocenters. The summed E-state index contributed by atoms with van der Waals surface area (Å²) in [6, 6.07) is 1.13. The molecular formula is C17H26F3N3O2. The van der Waals surface area contributed by atoms with E-state index >= 15 is 0 Å². The Hall–Kier alpha value is -1.73. The van der Waals surface area contributed by atoms with Gasteiger partial charge in [-0.3, -0.25) is 4.68 Å². The summed E-state index contributed by atoms with van der Waals surface area (Å²) in [4.78, 5) is 12.0. The minimum atomic E-state index is -4.48. The Balaban J connectivity index is 2.16. The molecule has 1 saturated carbocycles. The van der Waals surface area contributed by atoms with Gasteiger partial charge in [0.15, 0.2) is 5.69 Å². The van der Waals surface area contributed by atoms with Gasteiger partial charge in [-0.05, 0) is 53.5 Å². The molecule has 0 radical (unpaired) electrons. The molecule has 0 aliphatic heterocycles. The van der Waals surface area contributed by atoms with Crippen LogP contribution in [-0.4, -0.2) is 27.0 Å². The van der Waals surface area contributed by atoms with Crippen LogP contribution in [0, 0.1) is 0 Å². The molecule has 1 heterocycles. The number of hydrogen-bond acceptors (Lipinski definition) is 3. The lowest BCUT2D eigenvalue weighted by molar-refractivity contribution is -0.141. The number of halogens is 3. The maximum Gasteiger partial charge on any atom is 0.435 e. The highest BCUT2D eigenvalue weighted by Gasteiger charge is 2.37. The molecular weight excluding hydrogens is 335 g/mol. The standard InChI is InChI=1S/C17H26F3N3O2/c1-15(2,3)25-14(24)21-16(4,5)10-23-12(11-7-6-8-11)9-13(22-23)17(18,19)20/h9,11H,6-8,10H2,1-5H3,(H,21,24). The molecule has 0 saturated heterocycles. The minimum Gasteiger partial charge on any atom is -0.444 e. The van der Waals surface area contributed by atoms with Crippen molar-refractivity contribution in [2.75, 3.05) is 0 Å². The third-order valence-electron chi connectivity index (χ3n) is 4.01. The van der Waals surface area contributed by atoms with Gasteiger partial charge >= 0.3 is 12.3 Å². The highest BCUT2D eigenvalue weighted by atomic mass is 19.4. The van der Waals surface area contributed by atoms with Crippen LogP contribution in [0.25, 0.3) is 0 Å². The summed E-state index contributed by atoms with van der Waals surface area (Å²) in [6.45, 7) is 8.84. The molecule has 2 rings (SSSR count). The lowest BCUT2D eigenvalue weighted by atomic mass is 9.82. The van der Waals surface area contributed by atoms with Crippen LogP contribution in [0.1, 0.15) is 71.2 Å². The SMILES string of the molecule is CC(C)(Cn1nc(C(F)(F)F)cc1C1CCC1)NC(=O)OC(C)(C)C. The van der Waals surface area contributed by atoms with Gasteiger partial charge in [-0.2, -0.15) is 18.3 Å². The number of nitrogens with zero attached hydrogens (tertiary/aromatic N) is 2. The zero-order valence-electron chi connectivity index (χ0n) is 15.3. The summed E-state index contributed by atoms with van der Waals surface area (Å²) < 4.78 is 45.7. The number of aromatic nitrogens is 2. The van der Waals surface area contributed by atoms with Crippen molar-refractivity contribution >= 4 is 6.09 Å². The number of carbonyl (C=O) groups excluding carboxylic acids is 1. The zero-order valence-corrected chi connectivity index (χ0v) is 15.3. The predicted octanol–water partition coefficient (Wildman–Crippen LogP) is 4.47. The summed E-state index contributed by atoms with van der Waals surface area (Å²) in [7, 11) is 0. The van der Waals surface area contributed by atoms with E-state index in [0.717, 1.165) is 25.3 Å². The average Bonchev–Trinajstić information content (AvgIpc) is 2.65. The van der Waals surface area contributed by atoms with Crippen LogP contribution in [0.5, 0.6) is 0 Å². The van der Waals surface area contributed by atoms with E-state index in [9.17, 15) is 18.0 Å². The third kappa shape index (κ3) is 5.37. The van der Waals surface area contributed by atoms with Crippen molar-refractivity contribution in [1.82, 2.24) is 15.1 Å². The Morgan fingerprint density at radius 2 is 1.88 bits per heavy atom. The maximum absolute atomic E-state index is 13.0. The van der Waals surface area contributed by atoms with Crippen molar-refractivity contribution in [1.29, 1.82) is 0 Å². The fraction of sp³-hybridized carbons (Fsp3) is 0.765. The molecule has 1 aliphatic rings. The number of nitrogens with one attached hydrogen (secondary N) is 1. The van der Waals surface area contributed by atoms with Crippen molar-refractivity contribution in [2.24, 2.45) is 0 Å². The monoisotopic (exact) mass is 361 g/mol. The normalized spacial score (nSPS) is 16.5. The van der Waals surface area contributed by atoms with Crippen LogP contribution < -0.4 is 5.32 Å². The topological polar surface area (TPSA) is 56.2 Å². The van der Waals surface area contributed by atoms with Crippen LogP contribution >= 0.6 is 0 Å². The molecule has 1 aromatic heterocycles. The average molecular weight is 361 g/mol. The highest BCUT2D eigenvalue weighted by molar-refractivity contribution is 5.68. The van der Waals surface area contributed by atoms with E-state index < -0.39 is 29.1 Å². The van der Waals surface area contributed by atoms with E-state index in [1.165, 1.54) is 4.68 Å². The van der Waals surface area contributed by atoms with E-state index in [0.29, 0.717) is 5.69 Å². The Labute approximate surface area is 145 Å². The second-order valence-electron chi connectivity index (χ2n) is 8.25. The maximum atomic E-state index is 13.0. The Kier molecular flexibility index (Phi) is 5.12. The van der Waals surface area contributed by atoms with Gasteiger partial charge in [0.25, 0.3) is 0 Å². The van der Waals surface area contributed by atoms with Gasteiger partial charge in [0, 0.05) is 11.6 Å². The van der Waals surface area contributed by atoms with Crippen molar-refractivity contribution in [3.63, 3.8) is 0 Å². The molecule has 5 nitrogen and oxygen atoms in total.